The van der Waals surface area contributed by atoms with E-state index in [-0.39, 0.29) is 5.91 Å². The van der Waals surface area contributed by atoms with Gasteiger partial charge in [-0.25, -0.2) is 0 Å². The van der Waals surface area contributed by atoms with Crippen molar-refractivity contribution in [2.45, 2.75) is 19.9 Å². The van der Waals surface area contributed by atoms with Gasteiger partial charge < -0.3 is 14.6 Å². The third-order valence-corrected chi connectivity index (χ3v) is 3.73. The zero-order valence-electron chi connectivity index (χ0n) is 14.2. The molecular formula is C19H19N3O3. The third kappa shape index (κ3) is 4.44. The molecule has 0 aliphatic heterocycles. The molecule has 0 aliphatic rings. The summed E-state index contributed by atoms with van der Waals surface area (Å²) in [6.45, 7) is 2.00. The molecule has 6 heteroatoms. The molecule has 128 valence electrons. The summed E-state index contributed by atoms with van der Waals surface area (Å²) in [7, 11) is 1.64. The van der Waals surface area contributed by atoms with Crippen LogP contribution in [0.3, 0.4) is 0 Å². The Morgan fingerprint density at radius 1 is 1.08 bits per heavy atom. The first kappa shape index (κ1) is 16.7. The van der Waals surface area contributed by atoms with Gasteiger partial charge in [-0.2, -0.15) is 4.98 Å². The molecule has 25 heavy (non-hydrogen) atoms. The van der Waals surface area contributed by atoms with E-state index in [1.54, 1.807) is 7.11 Å². The van der Waals surface area contributed by atoms with Crippen LogP contribution in [0.25, 0.3) is 11.5 Å². The first-order chi connectivity index (χ1) is 12.1. The second-order valence-electron chi connectivity index (χ2n) is 5.65. The normalized spacial score (nSPS) is 10.5. The van der Waals surface area contributed by atoms with Crippen molar-refractivity contribution >= 4 is 5.91 Å². The van der Waals surface area contributed by atoms with Crippen molar-refractivity contribution < 1.29 is 14.1 Å². The van der Waals surface area contributed by atoms with Crippen LogP contribution in [0.4, 0.5) is 0 Å². The Kier molecular flexibility index (Phi) is 5.09. The largest absolute Gasteiger partial charge is 0.497 e. The van der Waals surface area contributed by atoms with Crippen molar-refractivity contribution in [2.24, 2.45) is 0 Å². The zero-order chi connectivity index (χ0) is 17.6. The second kappa shape index (κ2) is 7.61. The van der Waals surface area contributed by atoms with Gasteiger partial charge >= 0.3 is 0 Å². The molecule has 0 saturated carbocycles. The number of amides is 1. The summed E-state index contributed by atoms with van der Waals surface area (Å²) in [5.41, 5.74) is 2.94. The van der Waals surface area contributed by atoms with Crippen LogP contribution in [0.1, 0.15) is 23.9 Å². The van der Waals surface area contributed by atoms with Gasteiger partial charge in [-0.05, 0) is 35.4 Å². The minimum Gasteiger partial charge on any atom is -0.497 e. The summed E-state index contributed by atoms with van der Waals surface area (Å²) in [5, 5.41) is 6.80. The fourth-order valence-corrected chi connectivity index (χ4v) is 2.36. The van der Waals surface area contributed by atoms with Crippen LogP contribution in [0.5, 0.6) is 5.75 Å². The lowest BCUT2D eigenvalue weighted by Crippen LogP contribution is -2.18. The van der Waals surface area contributed by atoms with Gasteiger partial charge in [-0.1, -0.05) is 29.4 Å². The van der Waals surface area contributed by atoms with Crippen LogP contribution in [0.15, 0.2) is 53.1 Å². The first-order valence-electron chi connectivity index (χ1n) is 7.93. The predicted molar refractivity (Wildman–Crippen MR) is 93.1 cm³/mol. The Labute approximate surface area is 145 Å². The Bertz CT molecular complexity index is 839. The van der Waals surface area contributed by atoms with E-state index in [1.165, 1.54) is 6.92 Å². The summed E-state index contributed by atoms with van der Waals surface area (Å²) in [6.07, 6.45) is 0.591. The maximum atomic E-state index is 10.9. The number of hydrogen-bond donors (Lipinski definition) is 1. The molecule has 0 saturated heterocycles. The number of benzene rings is 2. The molecule has 0 unspecified atom stereocenters. The number of hydrogen-bond acceptors (Lipinski definition) is 5. The van der Waals surface area contributed by atoms with E-state index in [4.69, 9.17) is 9.26 Å². The van der Waals surface area contributed by atoms with Crippen LogP contribution in [-0.2, 0) is 17.8 Å². The number of nitrogens with one attached hydrogen (secondary N) is 1. The first-order valence-corrected chi connectivity index (χ1v) is 7.93. The van der Waals surface area contributed by atoms with Crippen LogP contribution in [0, 0.1) is 0 Å². The smallest absolute Gasteiger partial charge is 0.257 e. The Morgan fingerprint density at radius 3 is 2.40 bits per heavy atom. The highest BCUT2D eigenvalue weighted by molar-refractivity contribution is 5.72. The van der Waals surface area contributed by atoms with Gasteiger partial charge in [0.15, 0.2) is 5.82 Å². The Morgan fingerprint density at radius 2 is 1.76 bits per heavy atom. The van der Waals surface area contributed by atoms with Crippen molar-refractivity contribution in [1.82, 2.24) is 15.5 Å². The van der Waals surface area contributed by atoms with E-state index in [9.17, 15) is 4.79 Å². The number of methoxy groups -OCH3 is 1. The van der Waals surface area contributed by atoms with Gasteiger partial charge in [0.2, 0.25) is 5.91 Å². The molecule has 0 atom stereocenters. The Hall–Kier alpha value is -3.15. The molecule has 3 rings (SSSR count). The SMILES string of the molecule is COc1ccc(Cc2noc(-c3ccc(CNC(C)=O)cc3)n2)cc1. The predicted octanol–water partition coefficient (Wildman–Crippen LogP) is 2.97. The van der Waals surface area contributed by atoms with E-state index >= 15 is 0 Å². The third-order valence-electron chi connectivity index (χ3n) is 3.73. The molecule has 0 radical (unpaired) electrons. The summed E-state index contributed by atoms with van der Waals surface area (Å²) < 4.78 is 10.5. The maximum absolute atomic E-state index is 10.9. The van der Waals surface area contributed by atoms with Gasteiger partial charge in [0, 0.05) is 25.5 Å². The average Bonchev–Trinajstić information content (AvgIpc) is 3.09. The van der Waals surface area contributed by atoms with Crippen LogP contribution >= 0.6 is 0 Å². The fraction of sp³-hybridized carbons (Fsp3) is 0.211. The maximum Gasteiger partial charge on any atom is 0.257 e. The van der Waals surface area contributed by atoms with E-state index in [2.05, 4.69) is 15.5 Å². The molecule has 0 bridgehead atoms. The van der Waals surface area contributed by atoms with Crippen molar-refractivity contribution in [2.75, 3.05) is 7.11 Å². The molecule has 0 aliphatic carbocycles. The number of ether oxygens (including phenoxy) is 1. The zero-order valence-corrected chi connectivity index (χ0v) is 14.2. The number of nitrogens with zero attached hydrogens (tertiary/aromatic N) is 2. The summed E-state index contributed by atoms with van der Waals surface area (Å²) in [6, 6.07) is 15.4. The number of rotatable bonds is 6. The lowest BCUT2D eigenvalue weighted by molar-refractivity contribution is -0.119. The van der Waals surface area contributed by atoms with Crippen molar-refractivity contribution in [1.29, 1.82) is 0 Å². The lowest BCUT2D eigenvalue weighted by atomic mass is 10.1. The van der Waals surface area contributed by atoms with Gasteiger partial charge in [-0.3, -0.25) is 4.79 Å². The highest BCUT2D eigenvalue weighted by Gasteiger charge is 2.09. The number of carbonyl (C=O) groups is 1. The fourth-order valence-electron chi connectivity index (χ4n) is 2.36. The van der Waals surface area contributed by atoms with Crippen LogP contribution in [0.2, 0.25) is 0 Å². The Balaban J connectivity index is 1.66. The molecule has 6 nitrogen and oxygen atoms in total. The summed E-state index contributed by atoms with van der Waals surface area (Å²) in [5.74, 6) is 1.87. The monoisotopic (exact) mass is 337 g/mol. The van der Waals surface area contributed by atoms with Crippen molar-refractivity contribution in [3.05, 3.63) is 65.5 Å². The van der Waals surface area contributed by atoms with Crippen LogP contribution in [-0.4, -0.2) is 23.2 Å². The minimum atomic E-state index is -0.0517. The highest BCUT2D eigenvalue weighted by Crippen LogP contribution is 2.19. The molecule has 1 amide bonds. The molecule has 0 spiro atoms. The number of aromatic nitrogens is 2. The van der Waals surface area contributed by atoms with Crippen molar-refractivity contribution in [3.8, 4) is 17.2 Å². The van der Waals surface area contributed by atoms with E-state index in [0.717, 1.165) is 22.4 Å². The summed E-state index contributed by atoms with van der Waals surface area (Å²) in [4.78, 5) is 15.4. The molecule has 1 heterocycles. The van der Waals surface area contributed by atoms with Gasteiger partial charge in [-0.15, -0.1) is 0 Å². The van der Waals surface area contributed by atoms with E-state index < -0.39 is 0 Å². The topological polar surface area (TPSA) is 77.3 Å². The molecule has 1 aromatic heterocycles. The summed E-state index contributed by atoms with van der Waals surface area (Å²) >= 11 is 0. The molecular weight excluding hydrogens is 318 g/mol. The lowest BCUT2D eigenvalue weighted by Gasteiger charge is -2.02. The minimum absolute atomic E-state index is 0.0517. The molecule has 0 fully saturated rings. The van der Waals surface area contributed by atoms with Gasteiger partial charge in [0.1, 0.15) is 5.75 Å². The van der Waals surface area contributed by atoms with Crippen LogP contribution < -0.4 is 10.1 Å². The number of carbonyl (C=O) groups excluding carboxylic acids is 1. The van der Waals surface area contributed by atoms with Crippen molar-refractivity contribution in [3.63, 3.8) is 0 Å². The molecule has 2 aromatic carbocycles. The standard InChI is InChI=1S/C19H19N3O3/c1-13(23)20-12-15-3-7-16(8-4-15)19-21-18(22-25-19)11-14-5-9-17(24-2)10-6-14/h3-10H,11-12H2,1-2H3,(H,20,23). The van der Waals surface area contributed by atoms with E-state index in [1.807, 2.05) is 48.5 Å². The second-order valence-corrected chi connectivity index (χ2v) is 5.65. The van der Waals surface area contributed by atoms with Gasteiger partial charge in [0.05, 0.1) is 7.11 Å². The quantitative estimate of drug-likeness (QED) is 0.748. The molecule has 3 aromatic rings. The van der Waals surface area contributed by atoms with Gasteiger partial charge in [0.25, 0.3) is 5.89 Å². The highest BCUT2D eigenvalue weighted by atomic mass is 16.5. The average molecular weight is 337 g/mol. The molecule has 1 N–H and O–H groups in total. The van der Waals surface area contributed by atoms with E-state index in [0.29, 0.717) is 24.7 Å².